The molecule has 0 aromatic heterocycles. The molecule has 0 aliphatic carbocycles. The first-order chi connectivity index (χ1) is 8.06. The van der Waals surface area contributed by atoms with Gasteiger partial charge in [-0.3, -0.25) is 4.90 Å². The van der Waals surface area contributed by atoms with Crippen LogP contribution in [0.4, 0.5) is 0 Å². The predicted octanol–water partition coefficient (Wildman–Crippen LogP) is 2.90. The number of likely N-dealkylation sites (tertiary alicyclic amines) is 1. The van der Waals surface area contributed by atoms with E-state index >= 15 is 0 Å². The summed E-state index contributed by atoms with van der Waals surface area (Å²) < 4.78 is 0. The normalized spacial score (nSPS) is 30.5. The van der Waals surface area contributed by atoms with Crippen molar-refractivity contribution in [3.05, 3.63) is 34.9 Å². The quantitative estimate of drug-likeness (QED) is 0.877. The molecule has 2 rings (SSSR count). The lowest BCUT2D eigenvalue weighted by Gasteiger charge is -2.40. The van der Waals surface area contributed by atoms with E-state index in [0.29, 0.717) is 18.0 Å². The maximum absolute atomic E-state index is 6.10. The monoisotopic (exact) mass is 252 g/mol. The Morgan fingerprint density at radius 2 is 1.94 bits per heavy atom. The van der Waals surface area contributed by atoms with Crippen LogP contribution in [0.3, 0.4) is 0 Å². The maximum Gasteiger partial charge on any atom is 0.0406 e. The Balaban J connectivity index is 2.00. The van der Waals surface area contributed by atoms with Crippen LogP contribution < -0.4 is 5.73 Å². The van der Waals surface area contributed by atoms with E-state index in [0.717, 1.165) is 24.5 Å². The summed E-state index contributed by atoms with van der Waals surface area (Å²) >= 11 is 5.90. The van der Waals surface area contributed by atoms with Crippen LogP contribution in [0.5, 0.6) is 0 Å². The molecule has 0 bridgehead atoms. The Hall–Kier alpha value is -0.570. The second-order valence-electron chi connectivity index (χ2n) is 5.28. The minimum atomic E-state index is 0.353. The van der Waals surface area contributed by atoms with Gasteiger partial charge >= 0.3 is 0 Å². The number of piperidine rings is 1. The summed E-state index contributed by atoms with van der Waals surface area (Å²) in [7, 11) is 0. The van der Waals surface area contributed by atoms with E-state index in [1.54, 1.807) is 0 Å². The number of nitrogens with zero attached hydrogens (tertiary/aromatic N) is 1. The molecule has 1 heterocycles. The Morgan fingerprint density at radius 1 is 1.29 bits per heavy atom. The number of rotatable bonds is 2. The Morgan fingerprint density at radius 3 is 2.59 bits per heavy atom. The largest absolute Gasteiger partial charge is 0.327 e. The van der Waals surface area contributed by atoms with Gasteiger partial charge < -0.3 is 5.73 Å². The van der Waals surface area contributed by atoms with Crippen LogP contribution in [-0.2, 0) is 6.54 Å². The summed E-state index contributed by atoms with van der Waals surface area (Å²) in [6.07, 6.45) is 1.09. The molecule has 1 aliphatic rings. The lowest BCUT2D eigenvalue weighted by atomic mass is 9.90. The van der Waals surface area contributed by atoms with Gasteiger partial charge in [-0.15, -0.1) is 0 Å². The summed E-state index contributed by atoms with van der Waals surface area (Å²) in [4.78, 5) is 2.51. The number of benzene rings is 1. The molecule has 0 spiro atoms. The summed E-state index contributed by atoms with van der Waals surface area (Å²) in [6.45, 7) is 6.59. The predicted molar refractivity (Wildman–Crippen MR) is 73.1 cm³/mol. The molecule has 0 radical (unpaired) electrons. The van der Waals surface area contributed by atoms with Crippen molar-refractivity contribution in [3.8, 4) is 0 Å². The summed E-state index contributed by atoms with van der Waals surface area (Å²) in [5, 5.41) is 0.802. The van der Waals surface area contributed by atoms with Gasteiger partial charge in [0.1, 0.15) is 0 Å². The van der Waals surface area contributed by atoms with Crippen molar-refractivity contribution in [2.75, 3.05) is 6.54 Å². The van der Waals surface area contributed by atoms with E-state index in [2.05, 4.69) is 30.9 Å². The van der Waals surface area contributed by atoms with Crippen LogP contribution in [0, 0.1) is 5.92 Å². The molecule has 0 amide bonds. The Kier molecular flexibility index (Phi) is 4.08. The minimum absolute atomic E-state index is 0.353. The third kappa shape index (κ3) is 3.21. The van der Waals surface area contributed by atoms with Gasteiger partial charge in [0.2, 0.25) is 0 Å². The SMILES string of the molecule is CC1CN(Cc2ccc(Cl)cc2)C(C)CC1N. The van der Waals surface area contributed by atoms with Gasteiger partial charge in [0.25, 0.3) is 0 Å². The summed E-state index contributed by atoms with van der Waals surface area (Å²) in [5.41, 5.74) is 7.42. The van der Waals surface area contributed by atoms with Crippen molar-refractivity contribution in [2.24, 2.45) is 11.7 Å². The molecule has 3 heteroatoms. The molecule has 1 aromatic carbocycles. The average molecular weight is 253 g/mol. The average Bonchev–Trinajstić information content (AvgIpc) is 2.29. The van der Waals surface area contributed by atoms with E-state index in [1.807, 2.05) is 12.1 Å². The smallest absolute Gasteiger partial charge is 0.0406 e. The third-order valence-electron chi connectivity index (χ3n) is 3.79. The first kappa shape index (κ1) is 12.9. The fraction of sp³-hybridized carbons (Fsp3) is 0.571. The van der Waals surface area contributed by atoms with Crippen LogP contribution in [0.2, 0.25) is 5.02 Å². The van der Waals surface area contributed by atoms with E-state index in [1.165, 1.54) is 5.56 Å². The van der Waals surface area contributed by atoms with Crippen molar-refractivity contribution < 1.29 is 0 Å². The molecule has 3 unspecified atom stereocenters. The molecule has 94 valence electrons. The summed E-state index contributed by atoms with van der Waals surface area (Å²) in [6, 6.07) is 9.05. The molecular formula is C14H21ClN2. The lowest BCUT2D eigenvalue weighted by molar-refractivity contribution is 0.102. The molecule has 1 fully saturated rings. The second kappa shape index (κ2) is 5.38. The van der Waals surface area contributed by atoms with Crippen LogP contribution in [0.1, 0.15) is 25.8 Å². The van der Waals surface area contributed by atoms with E-state index in [4.69, 9.17) is 17.3 Å². The highest BCUT2D eigenvalue weighted by Gasteiger charge is 2.28. The number of nitrogens with two attached hydrogens (primary N) is 1. The van der Waals surface area contributed by atoms with Crippen LogP contribution in [-0.4, -0.2) is 23.5 Å². The standard InChI is InChI=1S/C14H21ClN2/c1-10-8-17(11(2)7-14(10)16)9-12-3-5-13(15)6-4-12/h3-6,10-11,14H,7-9,16H2,1-2H3. The number of hydrogen-bond donors (Lipinski definition) is 1. The van der Waals surface area contributed by atoms with Gasteiger partial charge in [-0.1, -0.05) is 30.7 Å². The fourth-order valence-corrected chi connectivity index (χ4v) is 2.63. The zero-order chi connectivity index (χ0) is 12.4. The van der Waals surface area contributed by atoms with Crippen LogP contribution >= 0.6 is 11.6 Å². The second-order valence-corrected chi connectivity index (χ2v) is 5.72. The zero-order valence-corrected chi connectivity index (χ0v) is 11.3. The van der Waals surface area contributed by atoms with Crippen molar-refractivity contribution in [2.45, 2.75) is 38.9 Å². The molecule has 1 aromatic rings. The number of hydrogen-bond acceptors (Lipinski definition) is 2. The van der Waals surface area contributed by atoms with Crippen LogP contribution in [0.25, 0.3) is 0 Å². The van der Waals surface area contributed by atoms with Gasteiger partial charge in [-0.2, -0.15) is 0 Å². The van der Waals surface area contributed by atoms with Gasteiger partial charge in [-0.25, -0.2) is 0 Å². The topological polar surface area (TPSA) is 29.3 Å². The van der Waals surface area contributed by atoms with Crippen molar-refractivity contribution in [1.82, 2.24) is 4.90 Å². The fourth-order valence-electron chi connectivity index (χ4n) is 2.51. The maximum atomic E-state index is 6.10. The molecule has 3 atom stereocenters. The first-order valence-corrected chi connectivity index (χ1v) is 6.68. The first-order valence-electron chi connectivity index (χ1n) is 6.30. The Bertz CT molecular complexity index is 363. The zero-order valence-electron chi connectivity index (χ0n) is 10.6. The van der Waals surface area contributed by atoms with Gasteiger partial charge in [-0.05, 0) is 37.0 Å². The van der Waals surface area contributed by atoms with Gasteiger partial charge in [0, 0.05) is 30.2 Å². The molecule has 2 nitrogen and oxygen atoms in total. The number of halogens is 1. The molecular weight excluding hydrogens is 232 g/mol. The minimum Gasteiger partial charge on any atom is -0.327 e. The highest BCUT2D eigenvalue weighted by Crippen LogP contribution is 2.23. The van der Waals surface area contributed by atoms with Gasteiger partial charge in [0.15, 0.2) is 0 Å². The highest BCUT2D eigenvalue weighted by atomic mass is 35.5. The molecule has 1 aliphatic heterocycles. The van der Waals surface area contributed by atoms with E-state index < -0.39 is 0 Å². The molecule has 1 saturated heterocycles. The Labute approximate surface area is 109 Å². The van der Waals surface area contributed by atoms with Crippen molar-refractivity contribution in [3.63, 3.8) is 0 Å². The third-order valence-corrected chi connectivity index (χ3v) is 4.04. The lowest BCUT2D eigenvalue weighted by Crippen LogP contribution is -2.50. The highest BCUT2D eigenvalue weighted by molar-refractivity contribution is 6.30. The molecule has 0 saturated carbocycles. The van der Waals surface area contributed by atoms with E-state index in [-0.39, 0.29) is 0 Å². The van der Waals surface area contributed by atoms with Crippen molar-refractivity contribution >= 4 is 11.6 Å². The van der Waals surface area contributed by atoms with Crippen LogP contribution in [0.15, 0.2) is 24.3 Å². The van der Waals surface area contributed by atoms with Gasteiger partial charge in [0.05, 0.1) is 0 Å². The molecule has 17 heavy (non-hydrogen) atoms. The van der Waals surface area contributed by atoms with Crippen molar-refractivity contribution in [1.29, 1.82) is 0 Å². The molecule has 2 N–H and O–H groups in total. The van der Waals surface area contributed by atoms with E-state index in [9.17, 15) is 0 Å². The summed E-state index contributed by atoms with van der Waals surface area (Å²) in [5.74, 6) is 0.582.